The normalized spacial score (nSPS) is 23.4. The van der Waals surface area contributed by atoms with Gasteiger partial charge in [0, 0.05) is 26.7 Å². The molecule has 1 fully saturated rings. The smallest absolute Gasteiger partial charge is 0.254 e. The minimum atomic E-state index is -3.64. The first kappa shape index (κ1) is 18.9. The van der Waals surface area contributed by atoms with E-state index in [4.69, 9.17) is 0 Å². The number of nitrogens with zero attached hydrogens (tertiary/aromatic N) is 2. The van der Waals surface area contributed by atoms with Gasteiger partial charge in [0.25, 0.3) is 5.91 Å². The van der Waals surface area contributed by atoms with Gasteiger partial charge in [-0.1, -0.05) is 6.07 Å². The predicted molar refractivity (Wildman–Crippen MR) is 91.1 cm³/mol. The molecule has 0 aromatic heterocycles. The molecule has 0 aliphatic carbocycles. The van der Waals surface area contributed by atoms with Crippen molar-refractivity contribution in [2.45, 2.75) is 23.8 Å². The van der Waals surface area contributed by atoms with Gasteiger partial charge in [0.15, 0.2) is 9.84 Å². The number of sulfone groups is 1. The lowest BCUT2D eigenvalue weighted by Crippen LogP contribution is -2.48. The second-order valence-electron chi connectivity index (χ2n) is 6.52. The van der Waals surface area contributed by atoms with E-state index in [1.165, 1.54) is 43.3 Å². The van der Waals surface area contributed by atoms with Crippen LogP contribution in [0.3, 0.4) is 0 Å². The molecule has 24 heavy (non-hydrogen) atoms. The summed E-state index contributed by atoms with van der Waals surface area (Å²) in [6, 6.07) is 5.78. The molecule has 7 nitrogen and oxygen atoms in total. The van der Waals surface area contributed by atoms with E-state index >= 15 is 0 Å². The van der Waals surface area contributed by atoms with E-state index in [0.717, 1.165) is 4.31 Å². The third kappa shape index (κ3) is 3.47. The number of carbonyl (C=O) groups is 1. The summed E-state index contributed by atoms with van der Waals surface area (Å²) in [4.78, 5) is 14.1. The predicted octanol–water partition coefficient (Wildman–Crippen LogP) is 0.586. The van der Waals surface area contributed by atoms with E-state index in [1.54, 1.807) is 14.0 Å². The quantitative estimate of drug-likeness (QED) is 0.769. The van der Waals surface area contributed by atoms with Crippen molar-refractivity contribution < 1.29 is 21.6 Å². The van der Waals surface area contributed by atoms with Crippen molar-refractivity contribution in [2.24, 2.45) is 0 Å². The molecule has 1 atom stereocenters. The highest BCUT2D eigenvalue weighted by atomic mass is 32.2. The first-order valence-electron chi connectivity index (χ1n) is 7.40. The van der Waals surface area contributed by atoms with E-state index in [9.17, 15) is 21.6 Å². The zero-order valence-corrected chi connectivity index (χ0v) is 15.8. The zero-order valence-electron chi connectivity index (χ0n) is 14.2. The van der Waals surface area contributed by atoms with Gasteiger partial charge >= 0.3 is 0 Å². The molecule has 0 saturated carbocycles. The second kappa shape index (κ2) is 6.12. The Hall–Kier alpha value is -1.45. The van der Waals surface area contributed by atoms with E-state index in [1.807, 2.05) is 0 Å². The summed E-state index contributed by atoms with van der Waals surface area (Å²) < 4.78 is 49.0. The number of amides is 1. The average molecular weight is 374 g/mol. The molecule has 1 aliphatic heterocycles. The fraction of sp³-hybridized carbons (Fsp3) is 0.533. The monoisotopic (exact) mass is 374 g/mol. The fourth-order valence-corrected chi connectivity index (χ4v) is 5.83. The van der Waals surface area contributed by atoms with Crippen LogP contribution in [-0.4, -0.2) is 70.1 Å². The molecule has 0 spiro atoms. The third-order valence-corrected chi connectivity index (χ3v) is 8.16. The molecule has 1 saturated heterocycles. The van der Waals surface area contributed by atoms with Crippen LogP contribution < -0.4 is 0 Å². The van der Waals surface area contributed by atoms with Crippen LogP contribution in [0.15, 0.2) is 29.2 Å². The Kier molecular flexibility index (Phi) is 4.82. The number of benzene rings is 1. The topological polar surface area (TPSA) is 91.8 Å². The summed E-state index contributed by atoms with van der Waals surface area (Å²) in [5, 5.41) is 0. The Balaban J connectivity index is 2.34. The average Bonchev–Trinajstić information content (AvgIpc) is 2.80. The summed E-state index contributed by atoms with van der Waals surface area (Å²) in [6.07, 6.45) is 0.368. The number of sulfonamides is 1. The molecule has 9 heteroatoms. The summed E-state index contributed by atoms with van der Waals surface area (Å²) >= 11 is 0. The number of hydrogen-bond donors (Lipinski definition) is 0. The Morgan fingerprint density at radius 3 is 2.33 bits per heavy atom. The van der Waals surface area contributed by atoms with Gasteiger partial charge in [-0.3, -0.25) is 4.79 Å². The third-order valence-electron chi connectivity index (χ3n) is 4.46. The molecule has 0 radical (unpaired) electrons. The highest BCUT2D eigenvalue weighted by Crippen LogP contribution is 2.30. The number of hydrogen-bond acceptors (Lipinski definition) is 5. The van der Waals surface area contributed by atoms with Gasteiger partial charge in [-0.2, -0.15) is 0 Å². The maximum Gasteiger partial charge on any atom is 0.254 e. The van der Waals surface area contributed by atoms with Crippen molar-refractivity contribution in [3.63, 3.8) is 0 Å². The Bertz CT molecular complexity index is 862. The number of rotatable bonds is 4. The molecule has 2 rings (SSSR count). The molecule has 1 aliphatic rings. The van der Waals surface area contributed by atoms with Crippen LogP contribution in [0.5, 0.6) is 0 Å². The van der Waals surface area contributed by atoms with Crippen LogP contribution in [0.4, 0.5) is 0 Å². The largest absolute Gasteiger partial charge is 0.335 e. The SMILES string of the molecule is CN(C(=O)c1cccc(S(=O)(=O)N(C)C)c1)[C@]1(C)CCS(=O)(=O)C1. The summed E-state index contributed by atoms with van der Waals surface area (Å²) in [5.74, 6) is -0.431. The lowest BCUT2D eigenvalue weighted by Gasteiger charge is -2.34. The van der Waals surface area contributed by atoms with Gasteiger partial charge < -0.3 is 4.90 Å². The van der Waals surface area contributed by atoms with Crippen LogP contribution in [-0.2, 0) is 19.9 Å². The molecular formula is C15H22N2O5S2. The van der Waals surface area contributed by atoms with Crippen LogP contribution in [0.1, 0.15) is 23.7 Å². The van der Waals surface area contributed by atoms with Crippen molar-refractivity contribution >= 4 is 25.8 Å². The van der Waals surface area contributed by atoms with Crippen molar-refractivity contribution in [3.8, 4) is 0 Å². The Morgan fingerprint density at radius 2 is 1.83 bits per heavy atom. The minimum Gasteiger partial charge on any atom is -0.335 e. The molecular weight excluding hydrogens is 352 g/mol. The Morgan fingerprint density at radius 1 is 1.21 bits per heavy atom. The molecule has 1 amide bonds. The highest BCUT2D eigenvalue weighted by molar-refractivity contribution is 7.91. The van der Waals surface area contributed by atoms with Gasteiger partial charge in [0.2, 0.25) is 10.0 Å². The summed E-state index contributed by atoms with van der Waals surface area (Å²) in [7, 11) is -2.41. The van der Waals surface area contributed by atoms with E-state index in [0.29, 0.717) is 6.42 Å². The van der Waals surface area contributed by atoms with Crippen molar-refractivity contribution in [1.29, 1.82) is 0 Å². The fourth-order valence-electron chi connectivity index (χ4n) is 2.70. The lowest BCUT2D eigenvalue weighted by molar-refractivity contribution is 0.0638. The summed E-state index contributed by atoms with van der Waals surface area (Å²) in [5.41, 5.74) is -0.572. The highest BCUT2D eigenvalue weighted by Gasteiger charge is 2.43. The van der Waals surface area contributed by atoms with Crippen LogP contribution in [0, 0.1) is 0 Å². The maximum atomic E-state index is 12.7. The minimum absolute atomic E-state index is 0.0240. The van der Waals surface area contributed by atoms with E-state index in [-0.39, 0.29) is 22.0 Å². The van der Waals surface area contributed by atoms with Gasteiger partial charge in [-0.25, -0.2) is 21.1 Å². The first-order valence-corrected chi connectivity index (χ1v) is 10.7. The van der Waals surface area contributed by atoms with Gasteiger partial charge in [-0.15, -0.1) is 0 Å². The zero-order chi connectivity index (χ0) is 18.3. The standard InChI is InChI=1S/C15H22N2O5S2/c1-15(8-9-23(19,20)11-15)17(4)14(18)12-6-5-7-13(10-12)24(21,22)16(2)3/h5-7,10H,8-9,11H2,1-4H3/t15-/m1/s1. The van der Waals surface area contributed by atoms with Gasteiger partial charge in [0.1, 0.15) is 0 Å². The van der Waals surface area contributed by atoms with Crippen LogP contribution in [0.25, 0.3) is 0 Å². The molecule has 1 aromatic rings. The van der Waals surface area contributed by atoms with Crippen molar-refractivity contribution in [3.05, 3.63) is 29.8 Å². The molecule has 134 valence electrons. The van der Waals surface area contributed by atoms with Gasteiger partial charge in [-0.05, 0) is 31.5 Å². The summed E-state index contributed by atoms with van der Waals surface area (Å²) in [6.45, 7) is 1.73. The molecule has 1 aromatic carbocycles. The maximum absolute atomic E-state index is 12.7. The number of carbonyl (C=O) groups excluding carboxylic acids is 1. The lowest BCUT2D eigenvalue weighted by atomic mass is 9.99. The van der Waals surface area contributed by atoms with Crippen molar-refractivity contribution in [1.82, 2.24) is 9.21 Å². The van der Waals surface area contributed by atoms with E-state index < -0.39 is 31.3 Å². The molecule has 0 N–H and O–H groups in total. The Labute approximate surface area is 143 Å². The molecule has 1 heterocycles. The van der Waals surface area contributed by atoms with Crippen LogP contribution >= 0.6 is 0 Å². The van der Waals surface area contributed by atoms with E-state index in [2.05, 4.69) is 0 Å². The second-order valence-corrected chi connectivity index (χ2v) is 10.9. The molecule has 0 bridgehead atoms. The van der Waals surface area contributed by atoms with Crippen LogP contribution in [0.2, 0.25) is 0 Å². The van der Waals surface area contributed by atoms with Gasteiger partial charge in [0.05, 0.1) is 21.9 Å². The first-order chi connectivity index (χ1) is 10.9. The van der Waals surface area contributed by atoms with Crippen molar-refractivity contribution in [2.75, 3.05) is 32.6 Å². The molecule has 0 unspecified atom stereocenters.